The molecule has 19 heavy (non-hydrogen) atoms. The Morgan fingerprint density at radius 3 is 1.79 bits per heavy atom. The van der Waals surface area contributed by atoms with Gasteiger partial charge in [-0.25, -0.2) is 0 Å². The summed E-state index contributed by atoms with van der Waals surface area (Å²) in [5, 5.41) is 0. The summed E-state index contributed by atoms with van der Waals surface area (Å²) in [5.41, 5.74) is 0.0670. The van der Waals surface area contributed by atoms with Crippen molar-refractivity contribution in [1.82, 2.24) is 0 Å². The quantitative estimate of drug-likeness (QED) is 0.419. The molecule has 0 saturated carbocycles. The number of carbonyl (C=O) groups is 2. The van der Waals surface area contributed by atoms with Gasteiger partial charge in [-0.2, -0.15) is 13.2 Å². The smallest absolute Gasteiger partial charge is 1.00 e. The van der Waals surface area contributed by atoms with Crippen molar-refractivity contribution in [2.24, 2.45) is 0 Å². The van der Waals surface area contributed by atoms with Crippen molar-refractivity contribution in [2.75, 3.05) is 0 Å². The molecular formula is C11H9Cl2F3O2Ti. The standard InChI is InChI=1S/C11H9F3O2.2ClH.Ti/c1-7(15)9(10(16)11(12,13)14)8-5-3-2-4-6-8;;;/h2-6,9H,1H3;2*1H;/q;;;+2/p-2. The van der Waals surface area contributed by atoms with Crippen LogP contribution < -0.4 is 24.8 Å². The molecule has 0 fully saturated rings. The monoisotopic (exact) mass is 348 g/mol. The van der Waals surface area contributed by atoms with Crippen molar-refractivity contribution in [1.29, 1.82) is 0 Å². The molecule has 104 valence electrons. The predicted octanol–water partition coefficient (Wildman–Crippen LogP) is -3.50. The number of rotatable bonds is 3. The van der Waals surface area contributed by atoms with Crippen molar-refractivity contribution in [3.05, 3.63) is 35.9 Å². The zero-order chi connectivity index (χ0) is 12.3. The molecular weight excluding hydrogens is 340 g/mol. The van der Waals surface area contributed by atoms with E-state index in [1.807, 2.05) is 0 Å². The second-order valence-electron chi connectivity index (χ2n) is 3.32. The van der Waals surface area contributed by atoms with E-state index in [2.05, 4.69) is 0 Å². The third-order valence-electron chi connectivity index (χ3n) is 2.08. The molecule has 1 atom stereocenters. The molecule has 1 aromatic rings. The average molecular weight is 349 g/mol. The van der Waals surface area contributed by atoms with Crippen molar-refractivity contribution >= 4 is 11.6 Å². The van der Waals surface area contributed by atoms with Crippen LogP contribution in [-0.2, 0) is 31.3 Å². The molecule has 0 aromatic heterocycles. The van der Waals surface area contributed by atoms with Crippen LogP contribution in [0, 0.1) is 0 Å². The first-order chi connectivity index (χ1) is 7.34. The fraction of sp³-hybridized carbons (Fsp3) is 0.273. The maximum atomic E-state index is 12.2. The zero-order valence-corrected chi connectivity index (χ0v) is 12.7. The zero-order valence-electron chi connectivity index (χ0n) is 9.67. The van der Waals surface area contributed by atoms with E-state index in [9.17, 15) is 22.8 Å². The summed E-state index contributed by atoms with van der Waals surface area (Å²) in [6, 6.07) is 7.22. The summed E-state index contributed by atoms with van der Waals surface area (Å²) in [6.45, 7) is 0.974. The van der Waals surface area contributed by atoms with Gasteiger partial charge in [-0.05, 0) is 12.5 Å². The molecule has 0 amide bonds. The first-order valence-electron chi connectivity index (χ1n) is 4.50. The Hall–Kier alpha value is -0.356. The Morgan fingerprint density at radius 1 is 1.05 bits per heavy atom. The van der Waals surface area contributed by atoms with Gasteiger partial charge in [0.05, 0.1) is 0 Å². The number of benzene rings is 1. The van der Waals surface area contributed by atoms with Gasteiger partial charge in [-0.3, -0.25) is 9.59 Å². The molecule has 0 aliphatic heterocycles. The van der Waals surface area contributed by atoms with E-state index in [4.69, 9.17) is 0 Å². The van der Waals surface area contributed by atoms with E-state index < -0.39 is 23.7 Å². The molecule has 0 spiro atoms. The van der Waals surface area contributed by atoms with Gasteiger partial charge in [0.25, 0.3) is 5.78 Å². The maximum absolute atomic E-state index is 12.2. The second kappa shape index (κ2) is 9.53. The normalized spacial score (nSPS) is 11.2. The van der Waals surface area contributed by atoms with E-state index >= 15 is 0 Å². The summed E-state index contributed by atoms with van der Waals surface area (Å²) < 4.78 is 36.7. The van der Waals surface area contributed by atoms with E-state index in [0.717, 1.165) is 6.92 Å². The predicted molar refractivity (Wildman–Crippen MR) is 50.9 cm³/mol. The maximum Gasteiger partial charge on any atom is 2.00 e. The molecule has 1 rings (SSSR count). The number of ketones is 2. The molecule has 1 unspecified atom stereocenters. The topological polar surface area (TPSA) is 34.1 Å². The van der Waals surface area contributed by atoms with Gasteiger partial charge in [-0.15, -0.1) is 0 Å². The van der Waals surface area contributed by atoms with E-state index in [0.29, 0.717) is 0 Å². The minimum atomic E-state index is -4.99. The number of carbonyl (C=O) groups excluding carboxylic acids is 2. The van der Waals surface area contributed by atoms with Crippen molar-refractivity contribution in [2.45, 2.75) is 19.0 Å². The summed E-state index contributed by atoms with van der Waals surface area (Å²) in [6.07, 6.45) is -4.99. The van der Waals surface area contributed by atoms with Gasteiger partial charge in [0.1, 0.15) is 11.7 Å². The Bertz CT molecular complexity index is 410. The van der Waals surface area contributed by atoms with Gasteiger partial charge >= 0.3 is 27.9 Å². The number of hydrogen-bond acceptors (Lipinski definition) is 2. The first kappa shape index (κ1) is 23.7. The Balaban J connectivity index is -0.000000853. The van der Waals surface area contributed by atoms with Crippen LogP contribution in [0.3, 0.4) is 0 Å². The van der Waals surface area contributed by atoms with Crippen LogP contribution in [-0.4, -0.2) is 17.7 Å². The number of Topliss-reactive ketones (excluding diaryl/α,β-unsaturated/α-hetero) is 2. The van der Waals surface area contributed by atoms with Crippen LogP contribution in [0.15, 0.2) is 30.3 Å². The molecule has 1 aromatic carbocycles. The van der Waals surface area contributed by atoms with Crippen LogP contribution >= 0.6 is 0 Å². The SMILES string of the molecule is CC(=O)C(C(=O)C(F)(F)F)c1ccccc1.[Cl-].[Cl-].[Ti+2]. The van der Waals surface area contributed by atoms with Crippen LogP contribution in [0.5, 0.6) is 0 Å². The summed E-state index contributed by atoms with van der Waals surface area (Å²) in [7, 11) is 0. The third-order valence-corrected chi connectivity index (χ3v) is 2.08. The van der Waals surface area contributed by atoms with Crippen molar-refractivity contribution in [3.8, 4) is 0 Å². The van der Waals surface area contributed by atoms with Crippen LogP contribution in [0.2, 0.25) is 0 Å². The number of alkyl halides is 3. The van der Waals surface area contributed by atoms with E-state index in [-0.39, 0.29) is 52.1 Å². The van der Waals surface area contributed by atoms with Gasteiger partial charge in [0, 0.05) is 0 Å². The molecule has 0 saturated heterocycles. The van der Waals surface area contributed by atoms with Gasteiger partial charge in [0.2, 0.25) is 0 Å². The molecule has 0 aliphatic rings. The molecule has 0 aliphatic carbocycles. The fourth-order valence-corrected chi connectivity index (χ4v) is 1.38. The summed E-state index contributed by atoms with van der Waals surface area (Å²) in [4.78, 5) is 22.2. The fourth-order valence-electron chi connectivity index (χ4n) is 1.38. The Morgan fingerprint density at radius 2 is 1.47 bits per heavy atom. The van der Waals surface area contributed by atoms with Crippen molar-refractivity contribution in [3.63, 3.8) is 0 Å². The van der Waals surface area contributed by atoms with Gasteiger partial charge in [-0.1, -0.05) is 30.3 Å². The largest absolute Gasteiger partial charge is 2.00 e. The van der Waals surface area contributed by atoms with Crippen molar-refractivity contribution < 1.29 is 69.3 Å². The third kappa shape index (κ3) is 6.57. The van der Waals surface area contributed by atoms with Crippen LogP contribution in [0.4, 0.5) is 13.2 Å². The Kier molecular flexibility index (Phi) is 11.9. The molecule has 0 bridgehead atoms. The minimum absolute atomic E-state index is 0. The summed E-state index contributed by atoms with van der Waals surface area (Å²) in [5.74, 6) is -4.58. The Labute approximate surface area is 135 Å². The molecule has 8 heteroatoms. The van der Waals surface area contributed by atoms with Crippen LogP contribution in [0.1, 0.15) is 18.4 Å². The van der Waals surface area contributed by atoms with Gasteiger partial charge in [0.15, 0.2) is 0 Å². The molecule has 0 radical (unpaired) electrons. The number of hydrogen-bond donors (Lipinski definition) is 0. The van der Waals surface area contributed by atoms with E-state index in [1.54, 1.807) is 6.07 Å². The molecule has 2 nitrogen and oxygen atoms in total. The second-order valence-corrected chi connectivity index (χ2v) is 3.32. The summed E-state index contributed by atoms with van der Waals surface area (Å²) >= 11 is 0. The average Bonchev–Trinajstić information content (AvgIpc) is 2.17. The minimum Gasteiger partial charge on any atom is -1.00 e. The van der Waals surface area contributed by atoms with E-state index in [1.165, 1.54) is 24.3 Å². The number of halogens is 5. The molecule has 0 heterocycles. The first-order valence-corrected chi connectivity index (χ1v) is 4.50. The van der Waals surface area contributed by atoms with Gasteiger partial charge < -0.3 is 24.8 Å². The van der Waals surface area contributed by atoms with Crippen LogP contribution in [0.25, 0.3) is 0 Å². The molecule has 0 N–H and O–H groups in total.